The van der Waals surface area contributed by atoms with E-state index in [0.717, 1.165) is 0 Å². The van der Waals surface area contributed by atoms with E-state index in [1.54, 1.807) is 30.6 Å². The molecule has 1 aromatic rings. The first-order valence-corrected chi connectivity index (χ1v) is 4.29. The van der Waals surface area contributed by atoms with E-state index in [1.807, 2.05) is 0 Å². The Hall–Kier alpha value is -1.77. The SMILES string of the molecule is C=CCOc1cncc(OCC=C)c1. The van der Waals surface area contributed by atoms with Gasteiger partial charge in [0.2, 0.25) is 0 Å². The fraction of sp³-hybridized carbons (Fsp3) is 0.182. The predicted molar refractivity (Wildman–Crippen MR) is 55.6 cm³/mol. The highest BCUT2D eigenvalue weighted by Gasteiger charge is 1.96. The lowest BCUT2D eigenvalue weighted by molar-refractivity contribution is 0.342. The summed E-state index contributed by atoms with van der Waals surface area (Å²) in [6, 6.07) is 1.78. The molecule has 14 heavy (non-hydrogen) atoms. The maximum Gasteiger partial charge on any atom is 0.141 e. The molecule has 0 aliphatic heterocycles. The first-order chi connectivity index (χ1) is 6.86. The van der Waals surface area contributed by atoms with E-state index < -0.39 is 0 Å². The molecule has 0 bridgehead atoms. The van der Waals surface area contributed by atoms with Crippen LogP contribution in [-0.2, 0) is 0 Å². The quantitative estimate of drug-likeness (QED) is 0.646. The van der Waals surface area contributed by atoms with Gasteiger partial charge in [-0.15, -0.1) is 0 Å². The molecule has 0 aliphatic rings. The minimum absolute atomic E-state index is 0.465. The highest BCUT2D eigenvalue weighted by molar-refractivity contribution is 5.28. The van der Waals surface area contributed by atoms with Crippen LogP contribution in [0.15, 0.2) is 43.8 Å². The third-order valence-corrected chi connectivity index (χ3v) is 1.42. The average Bonchev–Trinajstić information content (AvgIpc) is 2.24. The monoisotopic (exact) mass is 191 g/mol. The Labute approximate surface area is 83.7 Å². The lowest BCUT2D eigenvalue weighted by Crippen LogP contribution is -1.96. The van der Waals surface area contributed by atoms with Crippen LogP contribution >= 0.6 is 0 Å². The van der Waals surface area contributed by atoms with E-state index in [2.05, 4.69) is 18.1 Å². The zero-order valence-electron chi connectivity index (χ0n) is 7.98. The van der Waals surface area contributed by atoms with Crippen LogP contribution in [0, 0.1) is 0 Å². The molecule has 0 fully saturated rings. The molecule has 74 valence electrons. The first kappa shape index (κ1) is 10.3. The van der Waals surface area contributed by atoms with Gasteiger partial charge in [-0.25, -0.2) is 0 Å². The molecule has 1 rings (SSSR count). The Morgan fingerprint density at radius 2 is 1.57 bits per heavy atom. The van der Waals surface area contributed by atoms with Crippen LogP contribution < -0.4 is 9.47 Å². The predicted octanol–water partition coefficient (Wildman–Crippen LogP) is 2.21. The third-order valence-electron chi connectivity index (χ3n) is 1.42. The molecule has 0 N–H and O–H groups in total. The average molecular weight is 191 g/mol. The summed E-state index contributed by atoms with van der Waals surface area (Å²) in [4.78, 5) is 3.97. The highest BCUT2D eigenvalue weighted by atomic mass is 16.5. The summed E-state index contributed by atoms with van der Waals surface area (Å²) < 4.78 is 10.6. The normalized spacial score (nSPS) is 9.14. The van der Waals surface area contributed by atoms with Gasteiger partial charge in [-0.3, -0.25) is 4.98 Å². The standard InChI is InChI=1S/C11H13NO2/c1-3-5-13-10-7-11(9-12-8-10)14-6-4-2/h3-4,7-9H,1-2,5-6H2. The van der Waals surface area contributed by atoms with Gasteiger partial charge in [0.15, 0.2) is 0 Å². The fourth-order valence-electron chi connectivity index (χ4n) is 0.867. The summed E-state index contributed by atoms with van der Waals surface area (Å²) >= 11 is 0. The smallest absolute Gasteiger partial charge is 0.141 e. The molecule has 0 amide bonds. The second-order valence-corrected chi connectivity index (χ2v) is 2.56. The molecule has 3 heteroatoms. The van der Waals surface area contributed by atoms with Crippen molar-refractivity contribution < 1.29 is 9.47 Å². The van der Waals surface area contributed by atoms with Crippen molar-refractivity contribution in [1.82, 2.24) is 4.98 Å². The summed E-state index contributed by atoms with van der Waals surface area (Å²) in [5.41, 5.74) is 0. The lowest BCUT2D eigenvalue weighted by Gasteiger charge is -2.05. The molecule has 0 radical (unpaired) electrons. The maximum atomic E-state index is 5.29. The van der Waals surface area contributed by atoms with Crippen molar-refractivity contribution in [1.29, 1.82) is 0 Å². The van der Waals surface area contributed by atoms with E-state index >= 15 is 0 Å². The number of ether oxygens (including phenoxy) is 2. The molecule has 1 heterocycles. The molecular weight excluding hydrogens is 178 g/mol. The summed E-state index contributed by atoms with van der Waals surface area (Å²) in [7, 11) is 0. The van der Waals surface area contributed by atoms with Crippen LogP contribution in [-0.4, -0.2) is 18.2 Å². The number of hydrogen-bond donors (Lipinski definition) is 0. The van der Waals surface area contributed by atoms with E-state index in [4.69, 9.17) is 9.47 Å². The van der Waals surface area contributed by atoms with Gasteiger partial charge in [0.05, 0.1) is 12.4 Å². The van der Waals surface area contributed by atoms with Gasteiger partial charge in [0.1, 0.15) is 24.7 Å². The second kappa shape index (κ2) is 5.80. The molecule has 0 spiro atoms. The largest absolute Gasteiger partial charge is 0.488 e. The molecule has 0 unspecified atom stereocenters. The van der Waals surface area contributed by atoms with Gasteiger partial charge in [0, 0.05) is 6.07 Å². The van der Waals surface area contributed by atoms with Crippen LogP contribution in [0.1, 0.15) is 0 Å². The van der Waals surface area contributed by atoms with Crippen molar-refractivity contribution in [2.24, 2.45) is 0 Å². The van der Waals surface area contributed by atoms with Crippen molar-refractivity contribution in [3.8, 4) is 11.5 Å². The van der Waals surface area contributed by atoms with Crippen LogP contribution in [0.2, 0.25) is 0 Å². The minimum atomic E-state index is 0.465. The Balaban J connectivity index is 2.58. The van der Waals surface area contributed by atoms with Crippen molar-refractivity contribution in [3.05, 3.63) is 43.8 Å². The summed E-state index contributed by atoms with van der Waals surface area (Å²) in [6.45, 7) is 8.05. The van der Waals surface area contributed by atoms with Crippen LogP contribution in [0.5, 0.6) is 11.5 Å². The van der Waals surface area contributed by atoms with E-state index in [9.17, 15) is 0 Å². The molecule has 0 aromatic carbocycles. The van der Waals surface area contributed by atoms with Crippen molar-refractivity contribution in [2.75, 3.05) is 13.2 Å². The van der Waals surface area contributed by atoms with Gasteiger partial charge in [-0.1, -0.05) is 25.3 Å². The van der Waals surface area contributed by atoms with Crippen molar-refractivity contribution in [3.63, 3.8) is 0 Å². The zero-order chi connectivity index (χ0) is 10.2. The maximum absolute atomic E-state index is 5.29. The second-order valence-electron chi connectivity index (χ2n) is 2.56. The highest BCUT2D eigenvalue weighted by Crippen LogP contribution is 2.17. The Morgan fingerprint density at radius 1 is 1.07 bits per heavy atom. The van der Waals surface area contributed by atoms with Gasteiger partial charge in [0.25, 0.3) is 0 Å². The van der Waals surface area contributed by atoms with Crippen molar-refractivity contribution in [2.45, 2.75) is 0 Å². The minimum Gasteiger partial charge on any atom is -0.488 e. The van der Waals surface area contributed by atoms with Gasteiger partial charge in [-0.2, -0.15) is 0 Å². The fourth-order valence-corrected chi connectivity index (χ4v) is 0.867. The topological polar surface area (TPSA) is 31.4 Å². The molecular formula is C11H13NO2. The number of pyridine rings is 1. The first-order valence-electron chi connectivity index (χ1n) is 4.29. The van der Waals surface area contributed by atoms with E-state index in [1.165, 1.54) is 0 Å². The summed E-state index contributed by atoms with van der Waals surface area (Å²) in [5, 5.41) is 0. The molecule has 1 aromatic heterocycles. The molecule has 0 saturated carbocycles. The van der Waals surface area contributed by atoms with E-state index in [-0.39, 0.29) is 0 Å². The zero-order valence-corrected chi connectivity index (χ0v) is 7.98. The lowest BCUT2D eigenvalue weighted by atomic mass is 10.4. The molecule has 0 atom stereocenters. The summed E-state index contributed by atoms with van der Waals surface area (Å²) in [6.07, 6.45) is 6.61. The Morgan fingerprint density at radius 3 is 2.00 bits per heavy atom. The molecule has 3 nitrogen and oxygen atoms in total. The van der Waals surface area contributed by atoms with Crippen LogP contribution in [0.4, 0.5) is 0 Å². The number of nitrogens with zero attached hydrogens (tertiary/aromatic N) is 1. The van der Waals surface area contributed by atoms with E-state index in [0.29, 0.717) is 24.7 Å². The number of rotatable bonds is 6. The Kier molecular flexibility index (Phi) is 4.27. The molecule has 0 saturated heterocycles. The number of aromatic nitrogens is 1. The van der Waals surface area contributed by atoms with Gasteiger partial charge >= 0.3 is 0 Å². The van der Waals surface area contributed by atoms with Crippen LogP contribution in [0.25, 0.3) is 0 Å². The Bertz CT molecular complexity index is 283. The van der Waals surface area contributed by atoms with Gasteiger partial charge < -0.3 is 9.47 Å². The van der Waals surface area contributed by atoms with Crippen LogP contribution in [0.3, 0.4) is 0 Å². The van der Waals surface area contributed by atoms with Gasteiger partial charge in [-0.05, 0) is 0 Å². The number of hydrogen-bond acceptors (Lipinski definition) is 3. The molecule has 0 aliphatic carbocycles. The summed E-state index contributed by atoms with van der Waals surface area (Å²) in [5.74, 6) is 1.35. The van der Waals surface area contributed by atoms with Crippen molar-refractivity contribution >= 4 is 0 Å². The third kappa shape index (κ3) is 3.31.